The van der Waals surface area contributed by atoms with Crippen LogP contribution in [0.2, 0.25) is 4.34 Å². The number of nitrogens with zero attached hydrogens (tertiary/aromatic N) is 3. The molecular weight excluding hydrogens is 534 g/mol. The Labute approximate surface area is 215 Å². The number of aromatic nitrogens is 1. The molecular formula is C22H24ClN3O6S3. The molecule has 188 valence electrons. The Morgan fingerprint density at radius 1 is 1.23 bits per heavy atom. The van der Waals surface area contributed by atoms with Crippen molar-refractivity contribution in [1.29, 1.82) is 0 Å². The van der Waals surface area contributed by atoms with E-state index in [9.17, 15) is 18.0 Å². The fourth-order valence-corrected chi connectivity index (χ4v) is 8.26. The summed E-state index contributed by atoms with van der Waals surface area (Å²) < 4.78 is 40.8. The van der Waals surface area contributed by atoms with Crippen LogP contribution in [0, 0.1) is 0 Å². The van der Waals surface area contributed by atoms with Crippen molar-refractivity contribution < 1.29 is 27.5 Å². The molecule has 1 aliphatic heterocycles. The van der Waals surface area contributed by atoms with Crippen LogP contribution in [0.3, 0.4) is 0 Å². The van der Waals surface area contributed by atoms with Gasteiger partial charge < -0.3 is 14.0 Å². The minimum absolute atomic E-state index is 0.103. The van der Waals surface area contributed by atoms with Gasteiger partial charge in [0.15, 0.2) is 4.80 Å². The van der Waals surface area contributed by atoms with E-state index in [0.717, 1.165) is 21.6 Å². The fraction of sp³-hybridized carbons (Fsp3) is 0.409. The molecule has 35 heavy (non-hydrogen) atoms. The third kappa shape index (κ3) is 5.37. The Hall–Kier alpha value is -2.09. The third-order valence-electron chi connectivity index (χ3n) is 5.52. The number of benzene rings is 1. The van der Waals surface area contributed by atoms with Crippen molar-refractivity contribution in [3.63, 3.8) is 0 Å². The smallest absolute Gasteiger partial charge is 0.338 e. The van der Waals surface area contributed by atoms with E-state index in [2.05, 4.69) is 4.99 Å². The number of carbonyl (C=O) groups excluding carboxylic acids is 2. The molecule has 3 aromatic rings. The summed E-state index contributed by atoms with van der Waals surface area (Å²) in [5.41, 5.74) is 1.19. The quantitative estimate of drug-likeness (QED) is 0.392. The summed E-state index contributed by atoms with van der Waals surface area (Å²) in [7, 11) is -2.28. The first kappa shape index (κ1) is 26.0. The lowest BCUT2D eigenvalue weighted by Gasteiger charge is -2.20. The zero-order chi connectivity index (χ0) is 25.2. The van der Waals surface area contributed by atoms with Crippen molar-refractivity contribution in [2.45, 2.75) is 36.6 Å². The van der Waals surface area contributed by atoms with Gasteiger partial charge in [-0.2, -0.15) is 9.30 Å². The van der Waals surface area contributed by atoms with Gasteiger partial charge in [0.05, 0.1) is 33.3 Å². The van der Waals surface area contributed by atoms with Crippen molar-refractivity contribution in [3.05, 3.63) is 45.0 Å². The number of carbonyl (C=O) groups is 2. The van der Waals surface area contributed by atoms with Gasteiger partial charge in [0, 0.05) is 20.2 Å². The van der Waals surface area contributed by atoms with E-state index in [0.29, 0.717) is 40.7 Å². The van der Waals surface area contributed by atoms with Crippen LogP contribution in [-0.2, 0) is 30.8 Å². The Bertz CT molecular complexity index is 1430. The number of thiazole rings is 1. The minimum Gasteiger partial charge on any atom is -0.462 e. The first-order chi connectivity index (χ1) is 16.8. The number of rotatable bonds is 8. The van der Waals surface area contributed by atoms with Gasteiger partial charge in [-0.25, -0.2) is 13.2 Å². The number of thiophene rings is 1. The van der Waals surface area contributed by atoms with Crippen LogP contribution >= 0.6 is 34.3 Å². The molecule has 1 saturated heterocycles. The fourth-order valence-electron chi connectivity index (χ4n) is 3.89. The highest BCUT2D eigenvalue weighted by Gasteiger charge is 2.40. The summed E-state index contributed by atoms with van der Waals surface area (Å²) in [4.78, 5) is 30.2. The number of sulfonamides is 1. The van der Waals surface area contributed by atoms with Crippen LogP contribution in [0.4, 0.5) is 0 Å². The van der Waals surface area contributed by atoms with E-state index in [4.69, 9.17) is 21.1 Å². The van der Waals surface area contributed by atoms with Crippen molar-refractivity contribution in [2.24, 2.45) is 4.99 Å². The van der Waals surface area contributed by atoms with E-state index < -0.39 is 27.9 Å². The first-order valence-electron chi connectivity index (χ1n) is 10.9. The maximum Gasteiger partial charge on any atom is 0.338 e. The maximum absolute atomic E-state index is 13.3. The molecule has 3 heterocycles. The standard InChI is InChI=1S/C22H24ClN3O6S3/c1-3-32-21(28)14-6-7-15-17(13-14)33-22(25(15)11-12-31-2)24-20(27)16-5-4-10-26(16)35(29,30)19-9-8-18(23)34-19/h6-9,13,16H,3-5,10-12H2,1-2H3. The van der Waals surface area contributed by atoms with E-state index >= 15 is 0 Å². The van der Waals surface area contributed by atoms with Gasteiger partial charge in [-0.3, -0.25) is 4.79 Å². The normalized spacial score (nSPS) is 17.3. The highest BCUT2D eigenvalue weighted by atomic mass is 35.5. The van der Waals surface area contributed by atoms with Crippen molar-refractivity contribution >= 4 is 66.4 Å². The first-order valence-corrected chi connectivity index (χ1v) is 14.4. The molecule has 0 aliphatic carbocycles. The number of halogens is 1. The number of fused-ring (bicyclic) bond motifs is 1. The lowest BCUT2D eigenvalue weighted by Crippen LogP contribution is -2.40. The van der Waals surface area contributed by atoms with Gasteiger partial charge in [0.2, 0.25) is 0 Å². The number of hydrogen-bond donors (Lipinski definition) is 0. The Balaban J connectivity index is 1.71. The molecule has 13 heteroatoms. The van der Waals surface area contributed by atoms with Gasteiger partial charge >= 0.3 is 5.97 Å². The second kappa shape index (κ2) is 10.9. The molecule has 4 rings (SSSR count). The predicted octanol–water partition coefficient (Wildman–Crippen LogP) is 3.52. The molecule has 0 N–H and O–H groups in total. The maximum atomic E-state index is 13.3. The highest BCUT2D eigenvalue weighted by Crippen LogP contribution is 2.32. The number of hydrogen-bond acceptors (Lipinski definition) is 8. The molecule has 0 spiro atoms. The molecule has 0 saturated carbocycles. The van der Waals surface area contributed by atoms with Crippen LogP contribution in [0.5, 0.6) is 0 Å². The Kier molecular flexibility index (Phi) is 8.09. The van der Waals surface area contributed by atoms with Gasteiger partial charge in [0.25, 0.3) is 15.9 Å². The van der Waals surface area contributed by atoms with Gasteiger partial charge in [-0.15, -0.1) is 11.3 Å². The largest absolute Gasteiger partial charge is 0.462 e. The monoisotopic (exact) mass is 557 g/mol. The van der Waals surface area contributed by atoms with Crippen molar-refractivity contribution in [1.82, 2.24) is 8.87 Å². The molecule has 1 aromatic carbocycles. The second-order valence-electron chi connectivity index (χ2n) is 7.71. The van der Waals surface area contributed by atoms with Crippen LogP contribution < -0.4 is 4.80 Å². The van der Waals surface area contributed by atoms with E-state index in [1.54, 1.807) is 32.2 Å². The van der Waals surface area contributed by atoms with E-state index in [-0.39, 0.29) is 17.4 Å². The molecule has 0 bridgehead atoms. The van der Waals surface area contributed by atoms with Crippen LogP contribution in [-0.4, -0.2) is 62.1 Å². The summed E-state index contributed by atoms with van der Waals surface area (Å²) >= 11 is 8.14. The number of esters is 1. The summed E-state index contributed by atoms with van der Waals surface area (Å²) in [6.45, 7) is 3.06. The topological polar surface area (TPSA) is 107 Å². The molecule has 1 aliphatic rings. The van der Waals surface area contributed by atoms with Crippen LogP contribution in [0.15, 0.2) is 39.5 Å². The zero-order valence-corrected chi connectivity index (χ0v) is 22.3. The third-order valence-corrected chi connectivity index (χ3v) is 10.2. The SMILES string of the molecule is CCOC(=O)c1ccc2c(c1)sc(=NC(=O)C1CCCN1S(=O)(=O)c1ccc(Cl)s1)n2CCOC. The Morgan fingerprint density at radius 3 is 2.71 bits per heavy atom. The second-order valence-corrected chi connectivity index (χ2v) is 12.6. The van der Waals surface area contributed by atoms with Gasteiger partial charge in [0.1, 0.15) is 10.3 Å². The number of amides is 1. The average molecular weight is 558 g/mol. The van der Waals surface area contributed by atoms with Crippen molar-refractivity contribution in [2.75, 3.05) is 26.9 Å². The highest BCUT2D eigenvalue weighted by molar-refractivity contribution is 7.91. The molecule has 9 nitrogen and oxygen atoms in total. The molecule has 1 fully saturated rings. The summed E-state index contributed by atoms with van der Waals surface area (Å²) in [6, 6.07) is 7.24. The zero-order valence-electron chi connectivity index (χ0n) is 19.1. The summed E-state index contributed by atoms with van der Waals surface area (Å²) in [5.74, 6) is -0.960. The average Bonchev–Trinajstić information content (AvgIpc) is 3.56. The van der Waals surface area contributed by atoms with Crippen LogP contribution in [0.1, 0.15) is 30.1 Å². The van der Waals surface area contributed by atoms with Crippen molar-refractivity contribution in [3.8, 4) is 0 Å². The minimum atomic E-state index is -3.86. The van der Waals surface area contributed by atoms with Gasteiger partial charge in [-0.05, 0) is 50.1 Å². The Morgan fingerprint density at radius 2 is 2.03 bits per heavy atom. The number of ether oxygens (including phenoxy) is 2. The van der Waals surface area contributed by atoms with E-state index in [1.165, 1.54) is 27.8 Å². The lowest BCUT2D eigenvalue weighted by atomic mass is 10.2. The van der Waals surface area contributed by atoms with Gasteiger partial charge in [-0.1, -0.05) is 22.9 Å². The molecule has 1 amide bonds. The molecule has 2 aromatic heterocycles. The molecule has 0 radical (unpaired) electrons. The summed E-state index contributed by atoms with van der Waals surface area (Å²) in [6.07, 6.45) is 0.944. The lowest BCUT2D eigenvalue weighted by molar-refractivity contribution is -0.121. The van der Waals surface area contributed by atoms with Crippen LogP contribution in [0.25, 0.3) is 10.2 Å². The van der Waals surface area contributed by atoms with E-state index in [1.807, 2.05) is 4.57 Å². The molecule has 1 unspecified atom stereocenters. The predicted molar refractivity (Wildman–Crippen MR) is 134 cm³/mol. The summed E-state index contributed by atoms with van der Waals surface area (Å²) in [5, 5.41) is 0. The molecule has 1 atom stereocenters. The number of methoxy groups -OCH3 is 1.